The zero-order chi connectivity index (χ0) is 20.0. The number of Topliss-reactive ketones (excluding diaryl/α,β-unsaturated/α-hetero) is 1. The summed E-state index contributed by atoms with van der Waals surface area (Å²) >= 11 is 2.87. The molecular formula is C17H22N4O4S2. The van der Waals surface area contributed by atoms with Crippen LogP contribution in [0.3, 0.4) is 0 Å². The number of carbonyl (C=O) groups is 3. The van der Waals surface area contributed by atoms with E-state index in [1.165, 1.54) is 28.2 Å². The van der Waals surface area contributed by atoms with Crippen molar-refractivity contribution in [2.24, 2.45) is 11.8 Å². The third kappa shape index (κ3) is 5.91. The molecule has 10 heteroatoms. The van der Waals surface area contributed by atoms with Crippen molar-refractivity contribution in [1.29, 1.82) is 0 Å². The fourth-order valence-corrected chi connectivity index (χ4v) is 3.86. The molecular weight excluding hydrogens is 388 g/mol. The molecule has 2 aromatic rings. The molecule has 2 aromatic heterocycles. The van der Waals surface area contributed by atoms with Gasteiger partial charge in [-0.15, -0.1) is 22.7 Å². The number of carbonyl (C=O) groups excluding carboxylic acids is 3. The molecule has 0 aliphatic rings. The van der Waals surface area contributed by atoms with Crippen LogP contribution < -0.4 is 10.8 Å². The van der Waals surface area contributed by atoms with Crippen molar-refractivity contribution in [3.05, 3.63) is 21.5 Å². The molecule has 0 bridgehead atoms. The number of amides is 2. The maximum atomic E-state index is 12.6. The number of ketones is 1. The molecule has 2 rings (SSSR count). The normalized spacial score (nSPS) is 12.0. The number of rotatable bonds is 9. The molecule has 0 fully saturated rings. The summed E-state index contributed by atoms with van der Waals surface area (Å²) < 4.78 is 0. The van der Waals surface area contributed by atoms with Gasteiger partial charge in [-0.3, -0.25) is 19.6 Å². The van der Waals surface area contributed by atoms with E-state index in [1.807, 2.05) is 26.2 Å². The quantitative estimate of drug-likeness (QED) is 0.332. The minimum absolute atomic E-state index is 0.0367. The third-order valence-corrected chi connectivity index (χ3v) is 5.59. The van der Waals surface area contributed by atoms with Crippen molar-refractivity contribution >= 4 is 40.3 Å². The fraction of sp³-hybridized carbons (Fsp3) is 0.471. The van der Waals surface area contributed by atoms with Crippen LogP contribution in [0.2, 0.25) is 0 Å². The highest BCUT2D eigenvalue weighted by Crippen LogP contribution is 2.26. The lowest BCUT2D eigenvalue weighted by molar-refractivity contribution is -0.129. The maximum Gasteiger partial charge on any atom is 0.245 e. The Bertz CT molecular complexity index is 815. The molecule has 0 unspecified atom stereocenters. The molecule has 146 valence electrons. The van der Waals surface area contributed by atoms with Gasteiger partial charge in [-0.2, -0.15) is 0 Å². The number of aromatic nitrogens is 2. The maximum absolute atomic E-state index is 12.6. The van der Waals surface area contributed by atoms with E-state index in [4.69, 9.17) is 5.21 Å². The molecule has 2 amide bonds. The summed E-state index contributed by atoms with van der Waals surface area (Å²) in [4.78, 5) is 44.7. The number of nitrogens with one attached hydrogen (secondary N) is 2. The van der Waals surface area contributed by atoms with Crippen LogP contribution in [-0.2, 0) is 9.59 Å². The van der Waals surface area contributed by atoms with Gasteiger partial charge in [0, 0.05) is 36.1 Å². The lowest BCUT2D eigenvalue weighted by Gasteiger charge is -2.19. The Morgan fingerprint density at radius 1 is 1.19 bits per heavy atom. The van der Waals surface area contributed by atoms with E-state index < -0.39 is 11.8 Å². The summed E-state index contributed by atoms with van der Waals surface area (Å²) in [6, 6.07) is 0. The fourth-order valence-electron chi connectivity index (χ4n) is 2.40. The van der Waals surface area contributed by atoms with E-state index in [-0.39, 0.29) is 37.0 Å². The van der Waals surface area contributed by atoms with Crippen molar-refractivity contribution in [2.75, 3.05) is 6.54 Å². The molecule has 1 atom stereocenters. The van der Waals surface area contributed by atoms with Gasteiger partial charge in [-0.05, 0) is 12.8 Å². The summed E-state index contributed by atoms with van der Waals surface area (Å²) in [7, 11) is 0. The molecule has 27 heavy (non-hydrogen) atoms. The zero-order valence-corrected chi connectivity index (χ0v) is 16.9. The largest absolute Gasteiger partial charge is 0.355 e. The summed E-state index contributed by atoms with van der Waals surface area (Å²) in [5.74, 6) is -1.66. The summed E-state index contributed by atoms with van der Waals surface area (Å²) in [6.07, 6.45) is -0.00152. The molecule has 0 radical (unpaired) electrons. The van der Waals surface area contributed by atoms with E-state index in [9.17, 15) is 14.4 Å². The lowest BCUT2D eigenvalue weighted by atomic mass is 9.89. The Morgan fingerprint density at radius 2 is 1.93 bits per heavy atom. The smallest absolute Gasteiger partial charge is 0.245 e. The Labute approximate surface area is 165 Å². The number of thiazole rings is 2. The van der Waals surface area contributed by atoms with Gasteiger partial charge >= 0.3 is 0 Å². The number of hydroxylamine groups is 1. The van der Waals surface area contributed by atoms with Crippen molar-refractivity contribution < 1.29 is 19.6 Å². The van der Waals surface area contributed by atoms with Crippen molar-refractivity contribution in [1.82, 2.24) is 20.8 Å². The van der Waals surface area contributed by atoms with Crippen LogP contribution in [0.4, 0.5) is 0 Å². The first-order valence-electron chi connectivity index (χ1n) is 8.43. The first-order valence-corrected chi connectivity index (χ1v) is 10.2. The molecule has 0 aliphatic carbocycles. The van der Waals surface area contributed by atoms with Crippen LogP contribution in [0.5, 0.6) is 0 Å². The Morgan fingerprint density at radius 3 is 2.52 bits per heavy atom. The number of hydrogen-bond donors (Lipinski definition) is 3. The standard InChI is InChI=1S/C17H22N4O4S2/c1-9(2)11(16(24)18-5-4-15(23)21-25)6-14(22)12-7-27-17(20-12)13-8-26-10(3)19-13/h7-9,11,25H,4-6H2,1-3H3,(H,18,24)(H,21,23)/t11-/m0/s1. The van der Waals surface area contributed by atoms with Gasteiger partial charge in [0.15, 0.2) is 5.78 Å². The number of nitrogens with zero attached hydrogens (tertiary/aromatic N) is 2. The molecule has 0 aromatic carbocycles. The Kier molecular flexibility index (Phi) is 7.57. The second-order valence-electron chi connectivity index (χ2n) is 6.34. The van der Waals surface area contributed by atoms with Crippen LogP contribution in [0.25, 0.3) is 10.7 Å². The van der Waals surface area contributed by atoms with E-state index in [1.54, 1.807) is 5.38 Å². The second-order valence-corrected chi connectivity index (χ2v) is 8.26. The number of aryl methyl sites for hydroxylation is 1. The Balaban J connectivity index is 1.99. The molecule has 0 saturated heterocycles. The van der Waals surface area contributed by atoms with Gasteiger partial charge in [0.2, 0.25) is 11.8 Å². The molecule has 3 N–H and O–H groups in total. The first-order chi connectivity index (χ1) is 12.8. The monoisotopic (exact) mass is 410 g/mol. The predicted molar refractivity (Wildman–Crippen MR) is 103 cm³/mol. The highest BCUT2D eigenvalue weighted by atomic mass is 32.1. The third-order valence-electron chi connectivity index (χ3n) is 3.95. The molecule has 8 nitrogen and oxygen atoms in total. The highest BCUT2D eigenvalue weighted by Gasteiger charge is 2.26. The SMILES string of the molecule is Cc1nc(-c2nc(C(=O)C[C@H](C(=O)NCCC(=O)NO)C(C)C)cs2)cs1. The molecule has 0 spiro atoms. The van der Waals surface area contributed by atoms with Crippen molar-refractivity contribution in [2.45, 2.75) is 33.6 Å². The van der Waals surface area contributed by atoms with Crippen LogP contribution in [-0.4, -0.2) is 39.3 Å². The van der Waals surface area contributed by atoms with Crippen LogP contribution >= 0.6 is 22.7 Å². The van der Waals surface area contributed by atoms with Gasteiger partial charge in [0.25, 0.3) is 0 Å². The van der Waals surface area contributed by atoms with Gasteiger partial charge in [-0.1, -0.05) is 13.8 Å². The minimum atomic E-state index is -0.584. The van der Waals surface area contributed by atoms with Crippen molar-refractivity contribution in [3.8, 4) is 10.7 Å². The van der Waals surface area contributed by atoms with E-state index >= 15 is 0 Å². The zero-order valence-electron chi connectivity index (χ0n) is 15.3. The Hall–Kier alpha value is -2.17. The molecule has 2 heterocycles. The number of hydrogen-bond acceptors (Lipinski definition) is 8. The second kappa shape index (κ2) is 9.67. The van der Waals surface area contributed by atoms with Crippen LogP contribution in [0.1, 0.15) is 42.2 Å². The first kappa shape index (κ1) is 21.1. The topological polar surface area (TPSA) is 121 Å². The molecule has 0 aliphatic heterocycles. The summed E-state index contributed by atoms with van der Waals surface area (Å²) in [6.45, 7) is 5.72. The lowest BCUT2D eigenvalue weighted by Crippen LogP contribution is -2.37. The van der Waals surface area contributed by atoms with Gasteiger partial charge < -0.3 is 5.32 Å². The van der Waals surface area contributed by atoms with Crippen LogP contribution in [0.15, 0.2) is 10.8 Å². The highest BCUT2D eigenvalue weighted by molar-refractivity contribution is 7.14. The average molecular weight is 411 g/mol. The summed E-state index contributed by atoms with van der Waals surface area (Å²) in [5.41, 5.74) is 2.59. The van der Waals surface area contributed by atoms with Gasteiger partial charge in [0.1, 0.15) is 16.4 Å². The van der Waals surface area contributed by atoms with Gasteiger partial charge in [0.05, 0.1) is 5.01 Å². The van der Waals surface area contributed by atoms with Gasteiger partial charge in [-0.25, -0.2) is 15.4 Å². The average Bonchev–Trinajstić information content (AvgIpc) is 3.27. The van der Waals surface area contributed by atoms with Crippen LogP contribution in [0, 0.1) is 18.8 Å². The van der Waals surface area contributed by atoms with Crippen molar-refractivity contribution in [3.63, 3.8) is 0 Å². The minimum Gasteiger partial charge on any atom is -0.355 e. The van der Waals surface area contributed by atoms with E-state index in [0.717, 1.165) is 10.7 Å². The van der Waals surface area contributed by atoms with E-state index in [0.29, 0.717) is 10.7 Å². The van der Waals surface area contributed by atoms with E-state index in [2.05, 4.69) is 15.3 Å². The molecule has 0 saturated carbocycles. The summed E-state index contributed by atoms with van der Waals surface area (Å²) in [5, 5.41) is 16.3. The predicted octanol–water partition coefficient (Wildman–Crippen LogP) is 2.43.